The fourth-order valence-electron chi connectivity index (χ4n) is 1.42. The summed E-state index contributed by atoms with van der Waals surface area (Å²) in [6, 6.07) is 0. The molecule has 1 aliphatic rings. The van der Waals surface area contributed by atoms with Crippen LogP contribution in [-0.4, -0.2) is 58.5 Å². The van der Waals surface area contributed by atoms with Crippen LogP contribution in [0, 0.1) is 0 Å². The van der Waals surface area contributed by atoms with Crippen LogP contribution in [0.3, 0.4) is 0 Å². The van der Waals surface area contributed by atoms with Crippen LogP contribution in [0.1, 0.15) is 6.42 Å². The van der Waals surface area contributed by atoms with Gasteiger partial charge >= 0.3 is 0 Å². The zero-order valence-corrected chi connectivity index (χ0v) is 10.3. The van der Waals surface area contributed by atoms with Gasteiger partial charge in [0.15, 0.2) is 0 Å². The second kappa shape index (κ2) is 7.49. The summed E-state index contributed by atoms with van der Waals surface area (Å²) < 4.78 is 11.0. The minimum atomic E-state index is 0.587. The third-order valence-corrected chi connectivity index (χ3v) is 2.39. The molecular formula is C11H23N3O2. The van der Waals surface area contributed by atoms with Gasteiger partial charge in [-0.1, -0.05) is 0 Å². The lowest BCUT2D eigenvalue weighted by atomic mass is 10.2. The number of hydrogen-bond acceptors (Lipinski definition) is 5. The molecule has 0 aromatic heterocycles. The lowest BCUT2D eigenvalue weighted by Gasteiger charge is -2.19. The molecule has 1 rings (SSSR count). The van der Waals surface area contributed by atoms with E-state index >= 15 is 0 Å². The molecular weight excluding hydrogens is 206 g/mol. The summed E-state index contributed by atoms with van der Waals surface area (Å²) in [4.78, 5) is 2.09. The van der Waals surface area contributed by atoms with Crippen LogP contribution in [0.4, 0.5) is 0 Å². The summed E-state index contributed by atoms with van der Waals surface area (Å²) in [6.07, 6.45) is 0.879. The van der Waals surface area contributed by atoms with Crippen molar-refractivity contribution in [3.8, 4) is 0 Å². The van der Waals surface area contributed by atoms with Crippen LogP contribution >= 0.6 is 0 Å². The first-order valence-corrected chi connectivity index (χ1v) is 5.73. The molecule has 0 aromatic rings. The third-order valence-electron chi connectivity index (χ3n) is 2.39. The molecule has 0 amide bonds. The average Bonchev–Trinajstić information content (AvgIpc) is 2.25. The van der Waals surface area contributed by atoms with Crippen molar-refractivity contribution in [1.29, 1.82) is 0 Å². The van der Waals surface area contributed by atoms with Gasteiger partial charge in [-0.05, 0) is 14.1 Å². The van der Waals surface area contributed by atoms with Crippen molar-refractivity contribution < 1.29 is 9.47 Å². The van der Waals surface area contributed by atoms with E-state index in [4.69, 9.17) is 15.2 Å². The summed E-state index contributed by atoms with van der Waals surface area (Å²) in [5.41, 5.74) is 6.62. The first kappa shape index (κ1) is 13.3. The quantitative estimate of drug-likeness (QED) is 0.589. The fraction of sp³-hybridized carbons (Fsp3) is 0.818. The molecule has 0 atom stereocenters. The summed E-state index contributed by atoms with van der Waals surface area (Å²) >= 11 is 0. The van der Waals surface area contributed by atoms with E-state index in [0.29, 0.717) is 13.2 Å². The van der Waals surface area contributed by atoms with E-state index in [1.165, 1.54) is 0 Å². The standard InChI is InChI=1S/C11H23N3O2/c1-14(2)5-6-15-7-8-16-11-3-4-13-9-10(11)12/h13H,3-9,12H2,1-2H3. The zero-order chi connectivity index (χ0) is 11.8. The lowest BCUT2D eigenvalue weighted by Crippen LogP contribution is -2.30. The molecule has 0 saturated carbocycles. The Kier molecular flexibility index (Phi) is 6.22. The van der Waals surface area contributed by atoms with Crippen molar-refractivity contribution in [2.24, 2.45) is 5.73 Å². The van der Waals surface area contributed by atoms with Gasteiger partial charge in [0, 0.05) is 26.1 Å². The zero-order valence-electron chi connectivity index (χ0n) is 10.3. The topological polar surface area (TPSA) is 59.8 Å². The minimum Gasteiger partial charge on any atom is -0.494 e. The van der Waals surface area contributed by atoms with E-state index in [9.17, 15) is 0 Å². The predicted molar refractivity (Wildman–Crippen MR) is 64.0 cm³/mol. The van der Waals surface area contributed by atoms with Crippen LogP contribution in [0.2, 0.25) is 0 Å². The molecule has 1 heterocycles. The molecule has 16 heavy (non-hydrogen) atoms. The molecule has 5 heteroatoms. The maximum atomic E-state index is 5.80. The second-order valence-electron chi connectivity index (χ2n) is 4.14. The lowest BCUT2D eigenvalue weighted by molar-refractivity contribution is 0.0640. The van der Waals surface area contributed by atoms with Crippen molar-refractivity contribution in [1.82, 2.24) is 10.2 Å². The van der Waals surface area contributed by atoms with Crippen LogP contribution in [0.25, 0.3) is 0 Å². The molecule has 0 spiro atoms. The molecule has 0 bridgehead atoms. The summed E-state index contributed by atoms with van der Waals surface area (Å²) in [5, 5.41) is 3.19. The fourth-order valence-corrected chi connectivity index (χ4v) is 1.42. The highest BCUT2D eigenvalue weighted by Gasteiger charge is 2.09. The third kappa shape index (κ3) is 5.34. The summed E-state index contributed by atoms with van der Waals surface area (Å²) in [5.74, 6) is 0.926. The number of hydrogen-bond donors (Lipinski definition) is 2. The molecule has 0 aliphatic carbocycles. The molecule has 1 aliphatic heterocycles. The monoisotopic (exact) mass is 229 g/mol. The van der Waals surface area contributed by atoms with Crippen LogP contribution in [-0.2, 0) is 9.47 Å². The Balaban J connectivity index is 2.02. The van der Waals surface area contributed by atoms with E-state index in [0.717, 1.165) is 44.1 Å². The van der Waals surface area contributed by atoms with Crippen LogP contribution < -0.4 is 11.1 Å². The Morgan fingerprint density at radius 3 is 2.81 bits per heavy atom. The molecule has 0 unspecified atom stereocenters. The Hall–Kier alpha value is -0.780. The molecule has 0 aromatic carbocycles. The number of likely N-dealkylation sites (N-methyl/N-ethyl adjacent to an activating group) is 1. The smallest absolute Gasteiger partial charge is 0.117 e. The van der Waals surface area contributed by atoms with Gasteiger partial charge in [-0.15, -0.1) is 0 Å². The summed E-state index contributed by atoms with van der Waals surface area (Å²) in [7, 11) is 4.06. The van der Waals surface area contributed by atoms with Gasteiger partial charge in [0.1, 0.15) is 12.4 Å². The number of nitrogens with zero attached hydrogens (tertiary/aromatic N) is 1. The van der Waals surface area contributed by atoms with E-state index in [-0.39, 0.29) is 0 Å². The Labute approximate surface area is 97.6 Å². The largest absolute Gasteiger partial charge is 0.494 e. The van der Waals surface area contributed by atoms with E-state index < -0.39 is 0 Å². The van der Waals surface area contributed by atoms with Gasteiger partial charge < -0.3 is 25.4 Å². The van der Waals surface area contributed by atoms with Gasteiger partial charge in [0.25, 0.3) is 0 Å². The van der Waals surface area contributed by atoms with E-state index in [1.54, 1.807) is 0 Å². The SMILES string of the molecule is CN(C)CCOCCOC1=C(N)CNCC1. The predicted octanol–water partition coefficient (Wildman–Crippen LogP) is -0.255. The molecule has 94 valence electrons. The molecule has 0 fully saturated rings. The Morgan fingerprint density at radius 1 is 1.31 bits per heavy atom. The van der Waals surface area contributed by atoms with Crippen molar-refractivity contribution in [3.05, 3.63) is 11.5 Å². The summed E-state index contributed by atoms with van der Waals surface area (Å²) in [6.45, 7) is 4.57. The minimum absolute atomic E-state index is 0.587. The van der Waals surface area contributed by atoms with E-state index in [2.05, 4.69) is 10.2 Å². The van der Waals surface area contributed by atoms with Gasteiger partial charge in [0.2, 0.25) is 0 Å². The Morgan fingerprint density at radius 2 is 2.12 bits per heavy atom. The van der Waals surface area contributed by atoms with E-state index in [1.807, 2.05) is 14.1 Å². The molecule has 5 nitrogen and oxygen atoms in total. The first-order chi connectivity index (χ1) is 7.70. The normalized spacial score (nSPS) is 16.9. The van der Waals surface area contributed by atoms with Gasteiger partial charge in [0.05, 0.1) is 18.9 Å². The van der Waals surface area contributed by atoms with Gasteiger partial charge in [-0.25, -0.2) is 0 Å². The number of nitrogens with two attached hydrogens (primary N) is 1. The van der Waals surface area contributed by atoms with Gasteiger partial charge in [-0.3, -0.25) is 0 Å². The highest BCUT2D eigenvalue weighted by molar-refractivity contribution is 5.09. The van der Waals surface area contributed by atoms with Crippen LogP contribution in [0.5, 0.6) is 0 Å². The van der Waals surface area contributed by atoms with Crippen molar-refractivity contribution in [2.45, 2.75) is 6.42 Å². The number of rotatable bonds is 7. The highest BCUT2D eigenvalue weighted by Crippen LogP contribution is 2.09. The van der Waals surface area contributed by atoms with Crippen molar-refractivity contribution in [2.75, 3.05) is 53.6 Å². The molecule has 3 N–H and O–H groups in total. The number of nitrogens with one attached hydrogen (secondary N) is 1. The Bertz CT molecular complexity index is 229. The first-order valence-electron chi connectivity index (χ1n) is 5.73. The molecule has 0 radical (unpaired) electrons. The highest BCUT2D eigenvalue weighted by atomic mass is 16.5. The number of ether oxygens (including phenoxy) is 2. The average molecular weight is 229 g/mol. The maximum Gasteiger partial charge on any atom is 0.117 e. The molecule has 0 saturated heterocycles. The maximum absolute atomic E-state index is 5.80. The van der Waals surface area contributed by atoms with Crippen molar-refractivity contribution >= 4 is 0 Å². The second-order valence-corrected chi connectivity index (χ2v) is 4.14. The van der Waals surface area contributed by atoms with Crippen molar-refractivity contribution in [3.63, 3.8) is 0 Å². The van der Waals surface area contributed by atoms with Crippen LogP contribution in [0.15, 0.2) is 11.5 Å². The van der Waals surface area contributed by atoms with Gasteiger partial charge in [-0.2, -0.15) is 0 Å².